The van der Waals surface area contributed by atoms with E-state index in [9.17, 15) is 39.9 Å². The molecule has 0 saturated carbocycles. The van der Waals surface area contributed by atoms with Crippen molar-refractivity contribution in [2.75, 3.05) is 61.8 Å². The summed E-state index contributed by atoms with van der Waals surface area (Å²) in [7, 11) is -10.9. The molecule has 0 bridgehead atoms. The zero-order valence-electron chi connectivity index (χ0n) is 37.2. The van der Waals surface area contributed by atoms with Gasteiger partial charge in [0.25, 0.3) is 25.8 Å². The minimum Gasteiger partial charge on any atom is -0.392 e. The molecule has 2 unspecified atom stereocenters. The molecule has 66 heavy (non-hydrogen) atoms. The second kappa shape index (κ2) is 20.6. The molecule has 2 fully saturated rings. The van der Waals surface area contributed by atoms with Crippen molar-refractivity contribution >= 4 is 66.1 Å². The number of hydrogen-bond donors (Lipinski definition) is 3. The van der Waals surface area contributed by atoms with Crippen molar-refractivity contribution in [2.24, 2.45) is 5.41 Å². The normalized spacial score (nSPS) is 20.3. The molecule has 1 amide bonds. The van der Waals surface area contributed by atoms with E-state index in [0.717, 1.165) is 74.7 Å². The van der Waals surface area contributed by atoms with E-state index in [0.29, 0.717) is 42.8 Å². The summed E-state index contributed by atoms with van der Waals surface area (Å²) in [5.74, 6) is -0.706. The molecule has 2 aliphatic heterocycles. The molecule has 4 aromatic carbocycles. The van der Waals surface area contributed by atoms with Crippen LogP contribution in [0.5, 0.6) is 0 Å². The van der Waals surface area contributed by atoms with Crippen molar-refractivity contribution in [3.63, 3.8) is 0 Å². The van der Waals surface area contributed by atoms with Crippen molar-refractivity contribution in [2.45, 2.75) is 91.3 Å². The van der Waals surface area contributed by atoms with Gasteiger partial charge in [0.05, 0.1) is 16.7 Å². The molecule has 0 radical (unpaired) electrons. The van der Waals surface area contributed by atoms with Crippen LogP contribution in [0.2, 0.25) is 5.02 Å². The number of carbonyl (C=O) groups excluding carboxylic acids is 1. The quantitative estimate of drug-likeness (QED) is 0.0928. The van der Waals surface area contributed by atoms with Gasteiger partial charge in [0, 0.05) is 84.8 Å². The number of anilines is 2. The Labute approximate surface area is 395 Å². The van der Waals surface area contributed by atoms with Gasteiger partial charge in [-0.2, -0.15) is 13.2 Å². The number of aliphatic hydroxyl groups is 1. The number of β-amino-alcohol motifs (C(OH)–C–C–N with tert-alkyl or cyclic N) is 1. The van der Waals surface area contributed by atoms with Gasteiger partial charge >= 0.3 is 5.51 Å². The maximum absolute atomic E-state index is 14.2. The first-order chi connectivity index (χ1) is 31.2. The van der Waals surface area contributed by atoms with E-state index in [2.05, 4.69) is 46.0 Å². The number of piperazine rings is 1. The van der Waals surface area contributed by atoms with Crippen LogP contribution >= 0.6 is 23.4 Å². The third kappa shape index (κ3) is 12.3. The number of alkyl halides is 3. The van der Waals surface area contributed by atoms with E-state index in [1.807, 2.05) is 54.1 Å². The fourth-order valence-electron chi connectivity index (χ4n) is 9.03. The molecule has 18 heteroatoms. The Morgan fingerprint density at radius 2 is 1.62 bits per heavy atom. The van der Waals surface area contributed by atoms with Crippen LogP contribution < -0.4 is 14.9 Å². The summed E-state index contributed by atoms with van der Waals surface area (Å²) in [4.78, 5) is 18.8. The number of benzene rings is 4. The minimum absolute atomic E-state index is 0.0115. The molecule has 0 aromatic heterocycles. The number of rotatable bonds is 16. The highest BCUT2D eigenvalue weighted by Gasteiger charge is 2.48. The zero-order valence-corrected chi connectivity index (χ0v) is 40.4. The average molecular weight is 989 g/mol. The number of carbonyl (C=O) groups is 1. The first-order valence-corrected chi connectivity index (χ1v) is 26.4. The van der Waals surface area contributed by atoms with Gasteiger partial charge in [-0.05, 0) is 122 Å². The van der Waals surface area contributed by atoms with Crippen molar-refractivity contribution < 1.29 is 39.9 Å². The highest BCUT2D eigenvalue weighted by atomic mass is 35.5. The van der Waals surface area contributed by atoms with Gasteiger partial charge in [0.15, 0.2) is 0 Å². The van der Waals surface area contributed by atoms with Crippen LogP contribution in [0.3, 0.4) is 0 Å². The summed E-state index contributed by atoms with van der Waals surface area (Å²) in [5, 5.41) is 13.9. The summed E-state index contributed by atoms with van der Waals surface area (Å²) < 4.78 is 97.9. The lowest BCUT2D eigenvalue weighted by Gasteiger charge is -2.39. The topological polar surface area (TPSA) is 139 Å². The maximum atomic E-state index is 14.2. The Morgan fingerprint density at radius 1 is 0.939 bits per heavy atom. The van der Waals surface area contributed by atoms with Crippen molar-refractivity contribution in [1.29, 1.82) is 0 Å². The molecule has 3 N–H and O–H groups in total. The lowest BCUT2D eigenvalue weighted by Crippen LogP contribution is -2.47. The Kier molecular flexibility index (Phi) is 15.6. The van der Waals surface area contributed by atoms with Gasteiger partial charge in [0.2, 0.25) is 0 Å². The molecular weight excluding hydrogens is 931 g/mol. The molecule has 0 spiro atoms. The van der Waals surface area contributed by atoms with E-state index in [1.165, 1.54) is 40.6 Å². The van der Waals surface area contributed by atoms with E-state index in [4.69, 9.17) is 11.6 Å². The van der Waals surface area contributed by atoms with Crippen LogP contribution in [0, 0.1) is 5.41 Å². The Morgan fingerprint density at radius 3 is 2.26 bits per heavy atom. The first kappa shape index (κ1) is 49.8. The Hall–Kier alpha value is -4.10. The molecule has 356 valence electrons. The summed E-state index contributed by atoms with van der Waals surface area (Å²) >= 11 is 7.61. The van der Waals surface area contributed by atoms with Gasteiger partial charge < -0.3 is 15.3 Å². The number of nitrogens with one attached hydrogen (secondary N) is 2. The summed E-state index contributed by atoms with van der Waals surface area (Å²) in [6.07, 6.45) is 3.59. The van der Waals surface area contributed by atoms with Gasteiger partial charge in [-0.1, -0.05) is 61.4 Å². The molecule has 4 aromatic rings. The fraction of sp³-hybridized carbons (Fsp3) is 0.438. The van der Waals surface area contributed by atoms with E-state index < -0.39 is 58.9 Å². The van der Waals surface area contributed by atoms with Gasteiger partial charge in [0.1, 0.15) is 4.90 Å². The van der Waals surface area contributed by atoms with Crippen LogP contribution in [0.15, 0.2) is 117 Å². The predicted octanol–water partition coefficient (Wildman–Crippen LogP) is 8.96. The molecule has 3 aliphatic rings. The number of likely N-dealkylation sites (tertiary alicyclic amines) is 1. The van der Waals surface area contributed by atoms with E-state index in [1.54, 1.807) is 12.1 Å². The smallest absolute Gasteiger partial charge is 0.392 e. The summed E-state index contributed by atoms with van der Waals surface area (Å²) in [5.41, 5.74) is -1.10. The summed E-state index contributed by atoms with van der Waals surface area (Å²) in [6, 6.07) is 25.6. The van der Waals surface area contributed by atoms with E-state index >= 15 is 0 Å². The number of amides is 1. The van der Waals surface area contributed by atoms with Crippen LogP contribution in [0.4, 0.5) is 24.5 Å². The molecule has 2 saturated heterocycles. The monoisotopic (exact) mass is 987 g/mol. The SMILES string of the molecule is CC1CC(O)CN1CC[C@H](CSc1ccccc1)Nc1ccc(S(=O)(=O)NC(=O)c2ccc(N3CCN(CC4=C(c5ccc(Cl)cc5)CCC(C)(C)C4)CC3)cc2)cc1S(=O)(=O)C(F)(F)F. The third-order valence-corrected chi connectivity index (χ3v) is 17.0. The molecule has 7 rings (SSSR count). The van der Waals surface area contributed by atoms with Crippen molar-refractivity contribution in [1.82, 2.24) is 14.5 Å². The molecule has 11 nitrogen and oxygen atoms in total. The van der Waals surface area contributed by atoms with Crippen LogP contribution in [-0.2, 0) is 19.9 Å². The highest BCUT2D eigenvalue weighted by Crippen LogP contribution is 2.43. The van der Waals surface area contributed by atoms with Gasteiger partial charge in [-0.25, -0.2) is 21.6 Å². The largest absolute Gasteiger partial charge is 0.501 e. The average Bonchev–Trinajstić information content (AvgIpc) is 3.60. The number of sulfone groups is 1. The van der Waals surface area contributed by atoms with Gasteiger partial charge in [-0.15, -0.1) is 11.8 Å². The maximum Gasteiger partial charge on any atom is 0.501 e. The molecule has 1 aliphatic carbocycles. The number of nitrogens with zero attached hydrogens (tertiary/aromatic N) is 3. The fourth-order valence-corrected chi connectivity index (χ4v) is 12.2. The second-order valence-electron chi connectivity index (χ2n) is 18.3. The Bertz CT molecular complexity index is 2590. The van der Waals surface area contributed by atoms with Crippen molar-refractivity contribution in [3.8, 4) is 0 Å². The standard InChI is InChI=1S/C48H57ClF3N5O6S3/c1-33-27-40(58)31-57(33)22-20-38(32-64-41-7-5-4-6-8-41)53-44-18-17-42(28-45(44)65(60,61)48(50,51)52)66(62,63)54-46(59)35-11-15-39(16-12-35)56-25-23-55(24-26-56)30-36-29-47(2,3)21-19-43(36)34-9-13-37(49)14-10-34/h4-18,28,33,38,40,53,58H,19-27,29-32H2,1-3H3,(H,54,59)/t33?,38-,40?/m1/s1. The summed E-state index contributed by atoms with van der Waals surface area (Å²) in [6.45, 7) is 11.4. The molecular formula is C48H57ClF3N5O6S3. The lowest BCUT2D eigenvalue weighted by molar-refractivity contribution is -0.0435. The van der Waals surface area contributed by atoms with Crippen molar-refractivity contribution in [3.05, 3.63) is 119 Å². The van der Waals surface area contributed by atoms with Crippen LogP contribution in [0.25, 0.3) is 5.57 Å². The second-order valence-corrected chi connectivity index (χ2v) is 23.4. The zero-order chi connectivity index (χ0) is 47.4. The number of aliphatic hydroxyl groups excluding tert-OH is 1. The number of thioether (sulfide) groups is 1. The highest BCUT2D eigenvalue weighted by molar-refractivity contribution is 7.99. The van der Waals surface area contributed by atoms with E-state index in [-0.39, 0.29) is 17.0 Å². The predicted molar refractivity (Wildman–Crippen MR) is 256 cm³/mol. The van der Waals surface area contributed by atoms with Crippen LogP contribution in [-0.4, -0.2) is 113 Å². The number of sulfonamides is 1. The number of hydrogen-bond acceptors (Lipinski definition) is 11. The first-order valence-electron chi connectivity index (χ1n) is 22.1. The molecule has 2 heterocycles. The van der Waals surface area contributed by atoms with Gasteiger partial charge in [-0.3, -0.25) is 14.6 Å². The third-order valence-electron chi connectivity index (χ3n) is 12.7. The Balaban J connectivity index is 1.02. The number of halogens is 4. The molecule has 3 atom stereocenters. The lowest BCUT2D eigenvalue weighted by atomic mass is 9.73. The number of allylic oxidation sites excluding steroid dienone is 1. The van der Waals surface area contributed by atoms with Crippen LogP contribution in [0.1, 0.15) is 68.8 Å². The minimum atomic E-state index is -6.08.